The molecule has 0 fully saturated rings. The zero-order chi connectivity index (χ0) is 14.0. The van der Waals surface area contributed by atoms with Crippen LogP contribution < -0.4 is 4.72 Å². The Kier molecular flexibility index (Phi) is 4.16. The lowest BCUT2D eigenvalue weighted by molar-refractivity contribution is 0.601. The summed E-state index contributed by atoms with van der Waals surface area (Å²) >= 11 is 10.2. The van der Waals surface area contributed by atoms with Crippen molar-refractivity contribution in [2.45, 2.75) is 4.90 Å². The molecule has 0 radical (unpaired) electrons. The second-order valence-corrected chi connectivity index (χ2v) is 7.23. The second-order valence-electron chi connectivity index (χ2n) is 3.43. The van der Waals surface area contributed by atoms with E-state index in [9.17, 15) is 8.42 Å². The molecule has 0 aliphatic heterocycles. The van der Waals surface area contributed by atoms with Crippen LogP contribution in [0.15, 0.2) is 39.0 Å². The Hall–Kier alpha value is -1.07. The number of nitrogens with zero attached hydrogens (tertiary/aromatic N) is 1. The number of nitriles is 1. The molecule has 1 aromatic heterocycles. The van der Waals surface area contributed by atoms with E-state index < -0.39 is 10.0 Å². The summed E-state index contributed by atoms with van der Waals surface area (Å²) in [6, 6.07) is 8.17. The fourth-order valence-electron chi connectivity index (χ4n) is 1.39. The van der Waals surface area contributed by atoms with Crippen LogP contribution in [0.4, 0.5) is 5.00 Å². The van der Waals surface area contributed by atoms with Crippen molar-refractivity contribution in [3.63, 3.8) is 0 Å². The maximum atomic E-state index is 12.3. The molecule has 0 aliphatic rings. The highest BCUT2D eigenvalue weighted by atomic mass is 79.9. The Morgan fingerprint density at radius 1 is 1.37 bits per heavy atom. The van der Waals surface area contributed by atoms with Crippen molar-refractivity contribution < 1.29 is 8.42 Å². The predicted octanol–water partition coefficient (Wildman–Crippen LogP) is 3.84. The smallest absolute Gasteiger partial charge is 0.265 e. The van der Waals surface area contributed by atoms with Crippen molar-refractivity contribution in [1.29, 1.82) is 5.26 Å². The van der Waals surface area contributed by atoms with Gasteiger partial charge in [-0.2, -0.15) is 5.26 Å². The minimum Gasteiger partial charge on any atom is -0.269 e. The Balaban J connectivity index is 2.48. The lowest BCUT2D eigenvalue weighted by Gasteiger charge is -2.09. The molecule has 0 bridgehead atoms. The molecule has 0 saturated carbocycles. The molecule has 4 nitrogen and oxygen atoms in total. The first-order valence-electron chi connectivity index (χ1n) is 4.90. The number of thiophene rings is 1. The average Bonchev–Trinajstić information content (AvgIpc) is 2.74. The normalized spacial score (nSPS) is 11.0. The SMILES string of the molecule is N#Cc1ccsc1NS(=O)(=O)c1c(Cl)cccc1Br. The predicted molar refractivity (Wildman–Crippen MR) is 79.0 cm³/mol. The summed E-state index contributed by atoms with van der Waals surface area (Å²) in [6.07, 6.45) is 0. The Morgan fingerprint density at radius 2 is 2.11 bits per heavy atom. The van der Waals surface area contributed by atoms with E-state index in [1.807, 2.05) is 6.07 Å². The largest absolute Gasteiger partial charge is 0.269 e. The maximum absolute atomic E-state index is 12.3. The molecule has 19 heavy (non-hydrogen) atoms. The van der Waals surface area contributed by atoms with E-state index >= 15 is 0 Å². The quantitative estimate of drug-likeness (QED) is 0.883. The number of hydrogen-bond donors (Lipinski definition) is 1. The zero-order valence-electron chi connectivity index (χ0n) is 9.22. The van der Waals surface area contributed by atoms with Gasteiger partial charge in [0, 0.05) is 4.47 Å². The van der Waals surface area contributed by atoms with Gasteiger partial charge in [0.05, 0.1) is 10.6 Å². The molecular formula is C11H6BrClN2O2S2. The van der Waals surface area contributed by atoms with E-state index in [4.69, 9.17) is 16.9 Å². The van der Waals surface area contributed by atoms with Crippen LogP contribution in [0.25, 0.3) is 0 Å². The van der Waals surface area contributed by atoms with Gasteiger partial charge < -0.3 is 0 Å². The van der Waals surface area contributed by atoms with Gasteiger partial charge in [-0.3, -0.25) is 4.72 Å². The third kappa shape index (κ3) is 2.92. The fraction of sp³-hybridized carbons (Fsp3) is 0. The van der Waals surface area contributed by atoms with E-state index in [-0.39, 0.29) is 20.5 Å². The molecule has 0 unspecified atom stereocenters. The molecule has 0 amide bonds. The summed E-state index contributed by atoms with van der Waals surface area (Å²) in [5.41, 5.74) is 0.275. The highest BCUT2D eigenvalue weighted by molar-refractivity contribution is 9.10. The molecule has 1 heterocycles. The van der Waals surface area contributed by atoms with Gasteiger partial charge in [-0.05, 0) is 39.5 Å². The van der Waals surface area contributed by atoms with Crippen LogP contribution in [0.3, 0.4) is 0 Å². The lowest BCUT2D eigenvalue weighted by Crippen LogP contribution is -2.14. The summed E-state index contributed by atoms with van der Waals surface area (Å²) in [7, 11) is -3.85. The van der Waals surface area contributed by atoms with Crippen LogP contribution in [0.2, 0.25) is 5.02 Å². The van der Waals surface area contributed by atoms with Crippen LogP contribution in [-0.2, 0) is 10.0 Å². The van der Waals surface area contributed by atoms with Gasteiger partial charge in [-0.1, -0.05) is 17.7 Å². The van der Waals surface area contributed by atoms with E-state index in [0.717, 1.165) is 11.3 Å². The number of nitrogens with one attached hydrogen (secondary N) is 1. The van der Waals surface area contributed by atoms with Gasteiger partial charge >= 0.3 is 0 Å². The zero-order valence-corrected chi connectivity index (χ0v) is 13.2. The molecular weight excluding hydrogens is 372 g/mol. The molecule has 98 valence electrons. The van der Waals surface area contributed by atoms with E-state index in [1.165, 1.54) is 6.07 Å². The lowest BCUT2D eigenvalue weighted by atomic mass is 10.4. The van der Waals surface area contributed by atoms with E-state index in [2.05, 4.69) is 20.7 Å². The number of benzene rings is 1. The first-order chi connectivity index (χ1) is 8.95. The second kappa shape index (κ2) is 5.51. The number of hydrogen-bond acceptors (Lipinski definition) is 4. The number of rotatable bonds is 3. The first kappa shape index (κ1) is 14.3. The van der Waals surface area contributed by atoms with Crippen molar-refractivity contribution in [1.82, 2.24) is 0 Å². The third-order valence-corrected chi connectivity index (χ3v) is 5.96. The molecule has 8 heteroatoms. The Morgan fingerprint density at radius 3 is 2.74 bits per heavy atom. The number of sulfonamides is 1. The van der Waals surface area contributed by atoms with E-state index in [0.29, 0.717) is 4.47 Å². The van der Waals surface area contributed by atoms with Gasteiger partial charge in [0.2, 0.25) is 0 Å². The fourth-order valence-corrected chi connectivity index (χ4v) is 5.20. The Bertz CT molecular complexity index is 745. The minimum absolute atomic E-state index is 0.0473. The van der Waals surface area contributed by atoms with E-state index in [1.54, 1.807) is 23.6 Å². The molecule has 0 atom stereocenters. The van der Waals surface area contributed by atoms with Crippen molar-refractivity contribution in [2.75, 3.05) is 4.72 Å². The first-order valence-corrected chi connectivity index (χ1v) is 8.43. The summed E-state index contributed by atoms with van der Waals surface area (Å²) in [6.45, 7) is 0. The molecule has 2 rings (SSSR count). The number of halogens is 2. The standard InChI is InChI=1S/C11H6BrClN2O2S2/c12-8-2-1-3-9(13)10(8)19(16,17)15-11-7(6-14)4-5-18-11/h1-5,15H. The van der Waals surface area contributed by atoms with Crippen molar-refractivity contribution in [2.24, 2.45) is 0 Å². The van der Waals surface area contributed by atoms with Crippen molar-refractivity contribution in [3.8, 4) is 6.07 Å². The summed E-state index contributed by atoms with van der Waals surface area (Å²) in [5, 5.41) is 10.9. The summed E-state index contributed by atoms with van der Waals surface area (Å²) < 4.78 is 27.3. The molecule has 1 aromatic carbocycles. The van der Waals surface area contributed by atoms with Gasteiger partial charge in [0.25, 0.3) is 10.0 Å². The van der Waals surface area contributed by atoms with Crippen LogP contribution >= 0.6 is 38.9 Å². The molecule has 1 N–H and O–H groups in total. The monoisotopic (exact) mass is 376 g/mol. The van der Waals surface area contributed by atoms with Gasteiger partial charge in [-0.15, -0.1) is 11.3 Å². The van der Waals surface area contributed by atoms with Gasteiger partial charge in [-0.25, -0.2) is 8.42 Å². The topological polar surface area (TPSA) is 70.0 Å². The Labute approximate surface area is 127 Å². The summed E-state index contributed by atoms with van der Waals surface area (Å²) in [4.78, 5) is -0.0473. The van der Waals surface area contributed by atoms with Crippen molar-refractivity contribution >= 4 is 53.9 Å². The molecule has 2 aromatic rings. The van der Waals surface area contributed by atoms with Crippen molar-refractivity contribution in [3.05, 3.63) is 44.7 Å². The highest BCUT2D eigenvalue weighted by Gasteiger charge is 2.22. The van der Waals surface area contributed by atoms with Crippen LogP contribution in [-0.4, -0.2) is 8.42 Å². The third-order valence-electron chi connectivity index (χ3n) is 2.20. The van der Waals surface area contributed by atoms with Gasteiger partial charge in [0.15, 0.2) is 0 Å². The molecule has 0 saturated heterocycles. The van der Waals surface area contributed by atoms with Crippen LogP contribution in [0, 0.1) is 11.3 Å². The van der Waals surface area contributed by atoms with Crippen LogP contribution in [0.5, 0.6) is 0 Å². The highest BCUT2D eigenvalue weighted by Crippen LogP contribution is 2.32. The summed E-state index contributed by atoms with van der Waals surface area (Å²) in [5.74, 6) is 0. The molecule has 0 aliphatic carbocycles. The van der Waals surface area contributed by atoms with Gasteiger partial charge in [0.1, 0.15) is 16.0 Å². The minimum atomic E-state index is -3.85. The maximum Gasteiger partial charge on any atom is 0.265 e. The number of anilines is 1. The molecule has 0 spiro atoms. The van der Waals surface area contributed by atoms with Crippen LogP contribution in [0.1, 0.15) is 5.56 Å². The average molecular weight is 378 g/mol.